The lowest BCUT2D eigenvalue weighted by atomic mass is 9.90. The molecule has 2 aliphatic heterocycles. The molecule has 0 aromatic heterocycles. The van der Waals surface area contributed by atoms with E-state index in [0.717, 1.165) is 11.3 Å². The third-order valence-electron chi connectivity index (χ3n) is 5.68. The van der Waals surface area contributed by atoms with Gasteiger partial charge < -0.3 is 4.74 Å². The van der Waals surface area contributed by atoms with Gasteiger partial charge in [0.15, 0.2) is 6.10 Å². The van der Waals surface area contributed by atoms with Crippen molar-refractivity contribution in [2.75, 3.05) is 16.6 Å². The van der Waals surface area contributed by atoms with Crippen LogP contribution >= 0.6 is 0 Å². The van der Waals surface area contributed by atoms with Gasteiger partial charge in [-0.05, 0) is 37.3 Å². The van der Waals surface area contributed by atoms with Gasteiger partial charge in [0, 0.05) is 5.56 Å². The summed E-state index contributed by atoms with van der Waals surface area (Å²) < 4.78 is 5.86. The molecule has 0 saturated carbocycles. The Morgan fingerprint density at radius 3 is 2.10 bits per heavy atom. The van der Waals surface area contributed by atoms with Gasteiger partial charge in [0.05, 0.1) is 24.0 Å². The number of imide groups is 1. The fourth-order valence-corrected chi connectivity index (χ4v) is 4.37. The molecule has 156 valence electrons. The molecule has 0 unspecified atom stereocenters. The predicted octanol–water partition coefficient (Wildman–Crippen LogP) is 4.14. The van der Waals surface area contributed by atoms with Gasteiger partial charge in [0.2, 0.25) is 5.91 Å². The number of carbonyl (C=O) groups excluding carboxylic acids is 2. The summed E-state index contributed by atoms with van der Waals surface area (Å²) in [6.07, 6.45) is -0.896. The highest BCUT2D eigenvalue weighted by molar-refractivity contribution is 6.23. The molecule has 31 heavy (non-hydrogen) atoms. The fraction of sp³-hybridized carbons (Fsp3) is 0.200. The minimum atomic E-state index is -0.896. The highest BCUT2D eigenvalue weighted by Gasteiger charge is 2.60. The monoisotopic (exact) mass is 414 g/mol. The molecule has 2 heterocycles. The normalized spacial score (nSPS) is 22.7. The number of rotatable bonds is 5. The number of hydroxylamine groups is 1. The highest BCUT2D eigenvalue weighted by atomic mass is 16.7. The van der Waals surface area contributed by atoms with Crippen molar-refractivity contribution < 1.29 is 19.2 Å². The van der Waals surface area contributed by atoms with E-state index >= 15 is 0 Å². The van der Waals surface area contributed by atoms with Gasteiger partial charge in [-0.1, -0.05) is 54.6 Å². The summed E-state index contributed by atoms with van der Waals surface area (Å²) in [5.41, 5.74) is 2.15. The minimum Gasteiger partial charge on any atom is -0.494 e. The van der Waals surface area contributed by atoms with E-state index in [9.17, 15) is 9.59 Å². The molecule has 6 nitrogen and oxygen atoms in total. The number of hydrogen-bond donors (Lipinski definition) is 0. The second-order valence-corrected chi connectivity index (χ2v) is 7.48. The third-order valence-corrected chi connectivity index (χ3v) is 5.68. The molecule has 2 saturated heterocycles. The smallest absolute Gasteiger partial charge is 0.266 e. The average Bonchev–Trinajstić information content (AvgIpc) is 3.31. The lowest BCUT2D eigenvalue weighted by Gasteiger charge is -2.29. The number of para-hydroxylation sites is 3. The molecule has 0 aliphatic carbocycles. The van der Waals surface area contributed by atoms with Crippen LogP contribution in [-0.4, -0.2) is 24.5 Å². The number of fused-ring (bicyclic) bond motifs is 1. The Morgan fingerprint density at radius 1 is 0.806 bits per heavy atom. The molecule has 6 heteroatoms. The van der Waals surface area contributed by atoms with Gasteiger partial charge in [-0.3, -0.25) is 14.4 Å². The first-order valence-electron chi connectivity index (χ1n) is 10.4. The zero-order valence-electron chi connectivity index (χ0n) is 17.0. The van der Waals surface area contributed by atoms with Crippen LogP contribution in [0.4, 0.5) is 11.4 Å². The summed E-state index contributed by atoms with van der Waals surface area (Å²) in [7, 11) is 0. The first kappa shape index (κ1) is 19.3. The number of ether oxygens (including phenoxy) is 1. The average molecular weight is 414 g/mol. The molecule has 3 aromatic rings. The molecule has 0 N–H and O–H groups in total. The van der Waals surface area contributed by atoms with Gasteiger partial charge in [0.25, 0.3) is 5.91 Å². The highest BCUT2D eigenvalue weighted by Crippen LogP contribution is 2.49. The maximum absolute atomic E-state index is 13.6. The van der Waals surface area contributed by atoms with Crippen molar-refractivity contribution in [2.24, 2.45) is 5.92 Å². The molecular weight excluding hydrogens is 392 g/mol. The second-order valence-electron chi connectivity index (χ2n) is 7.48. The van der Waals surface area contributed by atoms with Gasteiger partial charge in [-0.2, -0.15) is 0 Å². The van der Waals surface area contributed by atoms with E-state index in [0.29, 0.717) is 18.0 Å². The van der Waals surface area contributed by atoms with E-state index < -0.39 is 18.1 Å². The zero-order chi connectivity index (χ0) is 21.4. The number of amides is 2. The minimum absolute atomic E-state index is 0.268. The standard InChI is InChI=1S/C25H22N2O4/c1-2-30-20-16-10-9-15-19(20)22-21-23(31-27(22)18-13-7-4-8-14-18)25(29)26(24(21)28)17-11-5-3-6-12-17/h3-16,21-23H,2H2,1H3/t21-,22+,23-/m0/s1. The quantitative estimate of drug-likeness (QED) is 0.588. The summed E-state index contributed by atoms with van der Waals surface area (Å²) in [6, 6.07) is 25.6. The van der Waals surface area contributed by atoms with Crippen molar-refractivity contribution in [3.8, 4) is 5.75 Å². The Morgan fingerprint density at radius 2 is 1.42 bits per heavy atom. The Hall–Kier alpha value is -3.64. The molecule has 0 bridgehead atoms. The number of hydrogen-bond acceptors (Lipinski definition) is 5. The van der Waals surface area contributed by atoms with Crippen LogP contribution in [0.2, 0.25) is 0 Å². The van der Waals surface area contributed by atoms with Crippen LogP contribution < -0.4 is 14.7 Å². The van der Waals surface area contributed by atoms with Gasteiger partial charge in [-0.15, -0.1) is 0 Å². The van der Waals surface area contributed by atoms with Crippen molar-refractivity contribution in [2.45, 2.75) is 19.1 Å². The van der Waals surface area contributed by atoms with Crippen LogP contribution in [0.5, 0.6) is 5.75 Å². The van der Waals surface area contributed by atoms with Crippen molar-refractivity contribution in [3.05, 3.63) is 90.5 Å². The van der Waals surface area contributed by atoms with Crippen LogP contribution in [0.3, 0.4) is 0 Å². The Bertz CT molecular complexity index is 1100. The summed E-state index contributed by atoms with van der Waals surface area (Å²) in [5, 5.41) is 1.69. The largest absolute Gasteiger partial charge is 0.494 e. The third kappa shape index (κ3) is 3.16. The van der Waals surface area contributed by atoms with Crippen LogP contribution in [0, 0.1) is 5.92 Å². The van der Waals surface area contributed by atoms with E-state index in [1.165, 1.54) is 4.90 Å². The number of benzene rings is 3. The van der Waals surface area contributed by atoms with E-state index in [-0.39, 0.29) is 11.8 Å². The lowest BCUT2D eigenvalue weighted by molar-refractivity contribution is -0.126. The first-order valence-corrected chi connectivity index (χ1v) is 10.4. The summed E-state index contributed by atoms with van der Waals surface area (Å²) in [6.45, 7) is 2.41. The number of anilines is 2. The van der Waals surface area contributed by atoms with Gasteiger partial charge >= 0.3 is 0 Å². The van der Waals surface area contributed by atoms with E-state index in [2.05, 4.69) is 0 Å². The lowest BCUT2D eigenvalue weighted by Crippen LogP contribution is -2.37. The van der Waals surface area contributed by atoms with Gasteiger partial charge in [-0.25, -0.2) is 9.96 Å². The van der Waals surface area contributed by atoms with Crippen molar-refractivity contribution in [1.82, 2.24) is 0 Å². The van der Waals surface area contributed by atoms with Crippen LogP contribution in [0.1, 0.15) is 18.5 Å². The topological polar surface area (TPSA) is 59.1 Å². The number of nitrogens with zero attached hydrogens (tertiary/aromatic N) is 2. The molecular formula is C25H22N2O4. The Kier molecular flexibility index (Phi) is 4.92. The molecule has 5 rings (SSSR count). The second kappa shape index (κ2) is 7.89. The van der Waals surface area contributed by atoms with E-state index in [1.54, 1.807) is 17.2 Å². The van der Waals surface area contributed by atoms with Gasteiger partial charge in [0.1, 0.15) is 11.7 Å². The van der Waals surface area contributed by atoms with Crippen molar-refractivity contribution in [3.63, 3.8) is 0 Å². The molecule has 0 spiro atoms. The summed E-state index contributed by atoms with van der Waals surface area (Å²) in [5.74, 6) is -0.623. The Balaban J connectivity index is 1.62. The first-order chi connectivity index (χ1) is 15.2. The van der Waals surface area contributed by atoms with Crippen molar-refractivity contribution >= 4 is 23.2 Å². The summed E-state index contributed by atoms with van der Waals surface area (Å²) >= 11 is 0. The maximum atomic E-state index is 13.6. The van der Waals surface area contributed by atoms with Crippen LogP contribution in [0.25, 0.3) is 0 Å². The summed E-state index contributed by atoms with van der Waals surface area (Å²) in [4.78, 5) is 34.3. The molecule has 3 atom stereocenters. The Labute approximate surface area is 180 Å². The van der Waals surface area contributed by atoms with Crippen LogP contribution in [-0.2, 0) is 14.4 Å². The SMILES string of the molecule is CCOc1ccccc1[C@@H]1[C@@H]2C(=O)N(c3ccccc3)C(=O)[C@H]2ON1c1ccccc1. The van der Waals surface area contributed by atoms with Crippen LogP contribution in [0.15, 0.2) is 84.9 Å². The number of carbonyl (C=O) groups is 2. The molecule has 2 fully saturated rings. The molecule has 2 aliphatic rings. The van der Waals surface area contributed by atoms with Crippen molar-refractivity contribution in [1.29, 1.82) is 0 Å². The predicted molar refractivity (Wildman–Crippen MR) is 117 cm³/mol. The molecule has 3 aromatic carbocycles. The molecule has 0 radical (unpaired) electrons. The molecule has 2 amide bonds. The maximum Gasteiger partial charge on any atom is 0.266 e. The fourth-order valence-electron chi connectivity index (χ4n) is 4.37. The zero-order valence-corrected chi connectivity index (χ0v) is 17.0. The van der Waals surface area contributed by atoms with E-state index in [4.69, 9.17) is 9.57 Å². The van der Waals surface area contributed by atoms with E-state index in [1.807, 2.05) is 79.7 Å².